The quantitative estimate of drug-likeness (QED) is 0.487. The fraction of sp³-hybridized carbons (Fsp3) is 0.379. The molecular weight excluding hydrogens is 473 g/mol. The number of fused-ring (bicyclic) bond motifs is 2. The summed E-state index contributed by atoms with van der Waals surface area (Å²) in [6, 6.07) is 5.15. The van der Waals surface area contributed by atoms with Gasteiger partial charge < -0.3 is 15.2 Å². The summed E-state index contributed by atoms with van der Waals surface area (Å²) in [4.78, 5) is 33.9. The van der Waals surface area contributed by atoms with E-state index in [1.165, 1.54) is 12.2 Å². The Balaban J connectivity index is 1.38. The van der Waals surface area contributed by atoms with Crippen molar-refractivity contribution in [3.8, 4) is 0 Å². The number of carbonyl (C=O) groups excluding carboxylic acids is 1. The molecular formula is C29H30FN3O4. The van der Waals surface area contributed by atoms with Gasteiger partial charge in [-0.05, 0) is 74.4 Å². The molecule has 3 atom stereocenters. The van der Waals surface area contributed by atoms with Gasteiger partial charge in [-0.25, -0.2) is 14.4 Å². The zero-order chi connectivity index (χ0) is 25.8. The molecule has 1 saturated heterocycles. The van der Waals surface area contributed by atoms with Crippen LogP contribution in [0, 0.1) is 5.92 Å². The maximum Gasteiger partial charge on any atom is 0.303 e. The van der Waals surface area contributed by atoms with Gasteiger partial charge in [-0.2, -0.15) is 0 Å². The maximum absolute atomic E-state index is 13.6. The Morgan fingerprint density at radius 2 is 2.03 bits per heavy atom. The third-order valence-corrected chi connectivity index (χ3v) is 7.02. The van der Waals surface area contributed by atoms with Crippen LogP contribution in [-0.4, -0.2) is 45.7 Å². The summed E-state index contributed by atoms with van der Waals surface area (Å²) in [7, 11) is 0. The number of halogens is 1. The van der Waals surface area contributed by atoms with E-state index < -0.39 is 5.97 Å². The molecule has 1 aliphatic heterocycles. The van der Waals surface area contributed by atoms with Crippen molar-refractivity contribution in [3.05, 3.63) is 77.4 Å². The number of hydrogen-bond acceptors (Lipinski definition) is 5. The van der Waals surface area contributed by atoms with Crippen LogP contribution in [0.15, 0.2) is 60.5 Å². The van der Waals surface area contributed by atoms with E-state index in [2.05, 4.69) is 23.5 Å². The number of aliphatic carboxylic acids is 1. The Labute approximate surface area is 214 Å². The molecule has 5 rings (SSSR count). The number of amides is 1. The molecule has 2 N–H and O–H groups in total. The number of ether oxygens (including phenoxy) is 1. The molecule has 3 aliphatic rings. The highest BCUT2D eigenvalue weighted by Gasteiger charge is 2.34. The average Bonchev–Trinajstić information content (AvgIpc) is 2.90. The Kier molecular flexibility index (Phi) is 7.55. The lowest BCUT2D eigenvalue weighted by Crippen LogP contribution is -2.48. The lowest BCUT2D eigenvalue weighted by atomic mass is 9.86. The van der Waals surface area contributed by atoms with Gasteiger partial charge in [0.25, 0.3) is 5.91 Å². The fourth-order valence-electron chi connectivity index (χ4n) is 5.10. The van der Waals surface area contributed by atoms with Crippen molar-refractivity contribution in [2.45, 2.75) is 57.1 Å². The standard InChI is InChI=1S/C29H30FN3O4/c30-20-11-12-21-22(14-15-37-26(21)17-20)33-29(36)19-10-13-23-25(16-19)31-24(8-4-5-9-27(34)35)28(32-23)18-6-2-1-3-7-18/h2,6-7,10-13,16-17,21-22,26H,1,3-5,8-9,14-15H2,(H,33,36)(H,34,35)/t21?,22-,26?/m1/s1. The summed E-state index contributed by atoms with van der Waals surface area (Å²) in [5, 5.41) is 12.1. The first-order valence-corrected chi connectivity index (χ1v) is 12.9. The molecule has 0 saturated carbocycles. The molecule has 7 nitrogen and oxygen atoms in total. The first-order valence-electron chi connectivity index (χ1n) is 12.9. The predicted octanol–water partition coefficient (Wildman–Crippen LogP) is 5.09. The number of rotatable bonds is 8. The van der Waals surface area contributed by atoms with Crippen molar-refractivity contribution in [3.63, 3.8) is 0 Å². The van der Waals surface area contributed by atoms with Gasteiger partial charge in [0.1, 0.15) is 5.83 Å². The lowest BCUT2D eigenvalue weighted by molar-refractivity contribution is -0.137. The number of carboxylic acid groups (broad SMARTS) is 1. The number of unbranched alkanes of at least 4 members (excludes halogenated alkanes) is 1. The van der Waals surface area contributed by atoms with Gasteiger partial charge in [-0.15, -0.1) is 0 Å². The molecule has 1 aromatic heterocycles. The molecule has 1 amide bonds. The third-order valence-electron chi connectivity index (χ3n) is 7.02. The molecule has 1 aromatic carbocycles. The number of benzene rings is 1. The number of aryl methyl sites for hydroxylation is 1. The van der Waals surface area contributed by atoms with Crippen LogP contribution < -0.4 is 5.32 Å². The first-order chi connectivity index (χ1) is 18.0. The van der Waals surface area contributed by atoms with Crippen LogP contribution >= 0.6 is 0 Å². The van der Waals surface area contributed by atoms with Crippen molar-refractivity contribution in [2.24, 2.45) is 5.92 Å². The van der Waals surface area contributed by atoms with Crippen LogP contribution in [0.4, 0.5) is 4.39 Å². The van der Waals surface area contributed by atoms with E-state index in [1.54, 1.807) is 18.2 Å². The monoisotopic (exact) mass is 503 g/mol. The molecule has 2 aliphatic carbocycles. The van der Waals surface area contributed by atoms with E-state index in [4.69, 9.17) is 19.8 Å². The van der Waals surface area contributed by atoms with Crippen molar-refractivity contribution in [2.75, 3.05) is 6.61 Å². The van der Waals surface area contributed by atoms with E-state index in [9.17, 15) is 14.0 Å². The number of carboxylic acids is 1. The van der Waals surface area contributed by atoms with E-state index in [-0.39, 0.29) is 36.2 Å². The molecule has 2 unspecified atom stereocenters. The molecule has 8 heteroatoms. The minimum Gasteiger partial charge on any atom is -0.481 e. The molecule has 0 bridgehead atoms. The zero-order valence-corrected chi connectivity index (χ0v) is 20.5. The number of hydrogen-bond donors (Lipinski definition) is 2. The maximum atomic E-state index is 13.6. The van der Waals surface area contributed by atoms with Gasteiger partial charge in [0.15, 0.2) is 0 Å². The smallest absolute Gasteiger partial charge is 0.303 e. The summed E-state index contributed by atoms with van der Waals surface area (Å²) in [5.74, 6) is -1.46. The second-order valence-corrected chi connectivity index (χ2v) is 9.65. The molecule has 1 fully saturated rings. The topological polar surface area (TPSA) is 101 Å². The Hall–Kier alpha value is -3.65. The lowest BCUT2D eigenvalue weighted by Gasteiger charge is -2.37. The summed E-state index contributed by atoms with van der Waals surface area (Å²) in [6.45, 7) is 0.450. The highest BCUT2D eigenvalue weighted by molar-refractivity contribution is 5.97. The number of allylic oxidation sites excluding steroid dienone is 6. The van der Waals surface area contributed by atoms with Gasteiger partial charge in [0.05, 0.1) is 28.5 Å². The summed E-state index contributed by atoms with van der Waals surface area (Å²) >= 11 is 0. The SMILES string of the molecule is O=C(O)CCCCc1nc2cc(C(=O)N[C@@H]3CCOC4C=C(F)C=CC43)ccc2nc1C1=CCCC=C1. The molecule has 37 heavy (non-hydrogen) atoms. The highest BCUT2D eigenvalue weighted by atomic mass is 19.1. The van der Waals surface area contributed by atoms with Crippen molar-refractivity contribution in [1.29, 1.82) is 0 Å². The summed E-state index contributed by atoms with van der Waals surface area (Å²) in [5.41, 5.74) is 4.44. The average molecular weight is 504 g/mol. The van der Waals surface area contributed by atoms with Gasteiger partial charge in [-0.3, -0.25) is 9.59 Å². The van der Waals surface area contributed by atoms with Crippen molar-refractivity contribution < 1.29 is 23.8 Å². The number of aromatic nitrogens is 2. The van der Waals surface area contributed by atoms with Crippen molar-refractivity contribution in [1.82, 2.24) is 15.3 Å². The van der Waals surface area contributed by atoms with Gasteiger partial charge in [0.2, 0.25) is 0 Å². The molecule has 2 aromatic rings. The molecule has 2 heterocycles. The Morgan fingerprint density at radius 1 is 1.14 bits per heavy atom. The minimum absolute atomic E-state index is 0.116. The third kappa shape index (κ3) is 5.85. The number of nitrogens with zero attached hydrogens (tertiary/aromatic N) is 2. The van der Waals surface area contributed by atoms with Crippen LogP contribution in [0.1, 0.15) is 60.3 Å². The van der Waals surface area contributed by atoms with Gasteiger partial charge >= 0.3 is 5.97 Å². The molecule has 0 spiro atoms. The number of nitrogens with one attached hydrogen (secondary N) is 1. The van der Waals surface area contributed by atoms with Crippen LogP contribution in [0.2, 0.25) is 0 Å². The normalized spacial score (nSPS) is 22.8. The predicted molar refractivity (Wildman–Crippen MR) is 139 cm³/mol. The van der Waals surface area contributed by atoms with Gasteiger partial charge in [-0.1, -0.05) is 24.3 Å². The number of carbonyl (C=O) groups is 2. The highest BCUT2D eigenvalue weighted by Crippen LogP contribution is 2.30. The Bertz CT molecular complexity index is 1330. The first kappa shape index (κ1) is 25.0. The van der Waals surface area contributed by atoms with E-state index in [0.717, 1.165) is 29.8 Å². The van der Waals surface area contributed by atoms with Crippen LogP contribution in [0.3, 0.4) is 0 Å². The zero-order valence-electron chi connectivity index (χ0n) is 20.5. The molecule has 192 valence electrons. The van der Waals surface area contributed by atoms with Crippen LogP contribution in [0.5, 0.6) is 0 Å². The molecule has 0 radical (unpaired) electrons. The van der Waals surface area contributed by atoms with Crippen molar-refractivity contribution >= 4 is 28.5 Å². The summed E-state index contributed by atoms with van der Waals surface area (Å²) in [6.07, 6.45) is 15.2. The largest absolute Gasteiger partial charge is 0.481 e. The van der Waals surface area contributed by atoms with E-state index >= 15 is 0 Å². The Morgan fingerprint density at radius 3 is 2.84 bits per heavy atom. The summed E-state index contributed by atoms with van der Waals surface area (Å²) < 4.78 is 19.3. The minimum atomic E-state index is -0.806. The van der Waals surface area contributed by atoms with E-state index in [0.29, 0.717) is 48.9 Å². The second-order valence-electron chi connectivity index (χ2n) is 9.65. The fourth-order valence-corrected chi connectivity index (χ4v) is 5.10. The van der Waals surface area contributed by atoms with Crippen LogP contribution in [0.25, 0.3) is 16.6 Å². The van der Waals surface area contributed by atoms with Crippen LogP contribution in [-0.2, 0) is 16.0 Å². The second kappa shape index (κ2) is 11.2. The van der Waals surface area contributed by atoms with Gasteiger partial charge in [0, 0.05) is 30.6 Å². The van der Waals surface area contributed by atoms with E-state index in [1.807, 2.05) is 6.07 Å².